The summed E-state index contributed by atoms with van der Waals surface area (Å²) < 4.78 is 0. The topological polar surface area (TPSA) is 17.1 Å². The van der Waals surface area contributed by atoms with Gasteiger partial charge in [0, 0.05) is 5.02 Å². The van der Waals surface area contributed by atoms with Gasteiger partial charge in [0.1, 0.15) is 6.29 Å². The number of carbonyl (C=O) groups excluding carboxylic acids is 1. The summed E-state index contributed by atoms with van der Waals surface area (Å²) in [6.07, 6.45) is 5.54. The van der Waals surface area contributed by atoms with Crippen molar-refractivity contribution in [3.63, 3.8) is 0 Å². The quantitative estimate of drug-likeness (QED) is 0.548. The van der Waals surface area contributed by atoms with Crippen molar-refractivity contribution in [1.29, 1.82) is 0 Å². The van der Waals surface area contributed by atoms with Crippen LogP contribution in [0.3, 0.4) is 0 Å². The molecule has 0 radical (unpaired) electrons. The zero-order valence-electron chi connectivity index (χ0n) is 7.69. The summed E-state index contributed by atoms with van der Waals surface area (Å²) in [5.41, 5.74) is 1.31. The summed E-state index contributed by atoms with van der Waals surface area (Å²) >= 11 is 5.80. The van der Waals surface area contributed by atoms with Gasteiger partial charge in [-0.2, -0.15) is 0 Å². The maximum atomic E-state index is 10.1. The first-order valence-electron chi connectivity index (χ1n) is 4.68. The molecule has 0 bridgehead atoms. The van der Waals surface area contributed by atoms with Crippen molar-refractivity contribution in [3.8, 4) is 0 Å². The van der Waals surface area contributed by atoms with Gasteiger partial charge >= 0.3 is 0 Å². The first-order valence-corrected chi connectivity index (χ1v) is 5.06. The number of rotatable bonds is 3. The summed E-state index contributed by atoms with van der Waals surface area (Å²) in [5.74, 6) is 1.13. The number of aldehydes is 1. The molecule has 2 heteroatoms. The van der Waals surface area contributed by atoms with E-state index < -0.39 is 0 Å². The molecule has 0 amide bonds. The Hall–Kier alpha value is -1.08. The Morgan fingerprint density at radius 1 is 1.29 bits per heavy atom. The Kier molecular flexibility index (Phi) is 2.69. The lowest BCUT2D eigenvalue weighted by Crippen LogP contribution is -1.80. The number of carbonyl (C=O) groups is 1. The summed E-state index contributed by atoms with van der Waals surface area (Å²) in [6.45, 7) is 0. The molecule has 0 aromatic heterocycles. The molecule has 2 rings (SSSR count). The second-order valence-corrected chi connectivity index (χ2v) is 4.02. The van der Waals surface area contributed by atoms with E-state index in [0.29, 0.717) is 11.8 Å². The second kappa shape index (κ2) is 3.97. The first kappa shape index (κ1) is 9.47. The fourth-order valence-corrected chi connectivity index (χ4v) is 1.83. The largest absolute Gasteiger partial charge is 0.299 e. The van der Waals surface area contributed by atoms with E-state index in [-0.39, 0.29) is 0 Å². The maximum Gasteiger partial charge on any atom is 0.142 e. The van der Waals surface area contributed by atoms with Crippen LogP contribution in [0.4, 0.5) is 0 Å². The van der Waals surface area contributed by atoms with Crippen LogP contribution in [0.1, 0.15) is 17.9 Å². The fourth-order valence-electron chi connectivity index (χ4n) is 1.71. The van der Waals surface area contributed by atoms with Gasteiger partial charge in [-0.05, 0) is 42.0 Å². The number of allylic oxidation sites excluding steroid dienone is 2. The zero-order valence-corrected chi connectivity index (χ0v) is 8.45. The van der Waals surface area contributed by atoms with Crippen LogP contribution < -0.4 is 0 Å². The lowest BCUT2D eigenvalue weighted by molar-refractivity contribution is -0.104. The lowest BCUT2D eigenvalue weighted by atomic mass is 10.1. The molecular formula is C12H11ClO. The average Bonchev–Trinajstić information content (AvgIpc) is 2.95. The van der Waals surface area contributed by atoms with E-state index in [0.717, 1.165) is 17.7 Å². The number of hydrogen-bond donors (Lipinski definition) is 0. The van der Waals surface area contributed by atoms with Crippen molar-refractivity contribution in [2.75, 3.05) is 0 Å². The number of hydrogen-bond acceptors (Lipinski definition) is 1. The van der Waals surface area contributed by atoms with E-state index in [1.807, 2.05) is 18.2 Å². The van der Waals surface area contributed by atoms with Crippen molar-refractivity contribution in [2.45, 2.75) is 12.3 Å². The Labute approximate surface area is 88.4 Å². The zero-order chi connectivity index (χ0) is 9.97. The molecule has 1 aromatic carbocycles. The molecule has 0 heterocycles. The molecule has 0 aliphatic heterocycles. The van der Waals surface area contributed by atoms with Crippen LogP contribution >= 0.6 is 11.6 Å². The molecule has 14 heavy (non-hydrogen) atoms. The molecule has 1 saturated carbocycles. The molecule has 1 aliphatic carbocycles. The van der Waals surface area contributed by atoms with Gasteiger partial charge in [-0.25, -0.2) is 0 Å². The van der Waals surface area contributed by atoms with Crippen LogP contribution in [-0.4, -0.2) is 6.29 Å². The van der Waals surface area contributed by atoms with Crippen molar-refractivity contribution >= 4 is 17.9 Å². The molecule has 0 spiro atoms. The second-order valence-electron chi connectivity index (χ2n) is 3.58. The molecule has 1 fully saturated rings. The fraction of sp³-hybridized carbons (Fsp3) is 0.250. The van der Waals surface area contributed by atoms with Gasteiger partial charge in [0.2, 0.25) is 0 Å². The highest BCUT2D eigenvalue weighted by Crippen LogP contribution is 2.48. The number of halogens is 1. The van der Waals surface area contributed by atoms with Crippen LogP contribution in [0.5, 0.6) is 0 Å². The van der Waals surface area contributed by atoms with Crippen molar-refractivity contribution in [2.24, 2.45) is 5.92 Å². The summed E-state index contributed by atoms with van der Waals surface area (Å²) in [7, 11) is 0. The van der Waals surface area contributed by atoms with E-state index in [2.05, 4.69) is 12.1 Å². The van der Waals surface area contributed by atoms with Crippen molar-refractivity contribution in [1.82, 2.24) is 0 Å². The monoisotopic (exact) mass is 206 g/mol. The molecule has 72 valence electrons. The molecular weight excluding hydrogens is 196 g/mol. The minimum Gasteiger partial charge on any atom is -0.299 e. The van der Waals surface area contributed by atoms with Crippen LogP contribution in [0, 0.1) is 5.92 Å². The normalized spacial score (nSPS) is 25.2. The summed E-state index contributed by atoms with van der Waals surface area (Å²) in [4.78, 5) is 10.1. The number of benzene rings is 1. The minimum atomic E-state index is 0.543. The van der Waals surface area contributed by atoms with Crippen LogP contribution in [0.2, 0.25) is 5.02 Å². The van der Waals surface area contributed by atoms with Gasteiger partial charge in [-0.1, -0.05) is 29.8 Å². The standard InChI is InChI=1S/C12H11ClO/c13-11-5-3-9(4-6-11)12-8-10(12)2-1-7-14/h1-7,10,12H,8H2. The van der Waals surface area contributed by atoms with E-state index in [9.17, 15) is 4.79 Å². The predicted molar refractivity (Wildman–Crippen MR) is 57.5 cm³/mol. The molecule has 1 aromatic rings. The van der Waals surface area contributed by atoms with E-state index in [4.69, 9.17) is 11.6 Å². The highest BCUT2D eigenvalue weighted by molar-refractivity contribution is 6.30. The van der Waals surface area contributed by atoms with E-state index >= 15 is 0 Å². The van der Waals surface area contributed by atoms with Gasteiger partial charge in [-0.15, -0.1) is 0 Å². The molecule has 2 atom stereocenters. The average molecular weight is 207 g/mol. The maximum absolute atomic E-state index is 10.1. The van der Waals surface area contributed by atoms with Gasteiger partial charge in [0.25, 0.3) is 0 Å². The predicted octanol–water partition coefficient (Wildman–Crippen LogP) is 3.20. The minimum absolute atomic E-state index is 0.543. The summed E-state index contributed by atoms with van der Waals surface area (Å²) in [6, 6.07) is 7.94. The van der Waals surface area contributed by atoms with Gasteiger partial charge in [0.15, 0.2) is 0 Å². The third-order valence-electron chi connectivity index (χ3n) is 2.57. The van der Waals surface area contributed by atoms with Gasteiger partial charge < -0.3 is 0 Å². The smallest absolute Gasteiger partial charge is 0.142 e. The molecule has 1 aliphatic rings. The molecule has 1 nitrogen and oxygen atoms in total. The molecule has 0 saturated heterocycles. The highest BCUT2D eigenvalue weighted by Gasteiger charge is 2.35. The molecule has 0 N–H and O–H groups in total. The Bertz CT molecular complexity index is 353. The molecule has 2 unspecified atom stereocenters. The Morgan fingerprint density at radius 2 is 2.00 bits per heavy atom. The summed E-state index contributed by atoms with van der Waals surface area (Å²) in [5, 5.41) is 0.773. The van der Waals surface area contributed by atoms with Crippen LogP contribution in [0.15, 0.2) is 36.4 Å². The van der Waals surface area contributed by atoms with Gasteiger partial charge in [0.05, 0.1) is 0 Å². The lowest BCUT2D eigenvalue weighted by Gasteiger charge is -1.97. The Morgan fingerprint density at radius 3 is 2.64 bits per heavy atom. The van der Waals surface area contributed by atoms with Crippen LogP contribution in [-0.2, 0) is 4.79 Å². The first-order chi connectivity index (χ1) is 6.81. The highest BCUT2D eigenvalue weighted by atomic mass is 35.5. The van der Waals surface area contributed by atoms with Crippen LogP contribution in [0.25, 0.3) is 0 Å². The van der Waals surface area contributed by atoms with Crippen molar-refractivity contribution in [3.05, 3.63) is 47.0 Å². The third kappa shape index (κ3) is 2.05. The van der Waals surface area contributed by atoms with Crippen molar-refractivity contribution < 1.29 is 4.79 Å². The third-order valence-corrected chi connectivity index (χ3v) is 2.83. The van der Waals surface area contributed by atoms with Gasteiger partial charge in [-0.3, -0.25) is 4.79 Å². The SMILES string of the molecule is O=CC=CC1CC1c1ccc(Cl)cc1. The van der Waals surface area contributed by atoms with E-state index in [1.165, 1.54) is 5.56 Å². The Balaban J connectivity index is 2.02. The van der Waals surface area contributed by atoms with E-state index in [1.54, 1.807) is 6.08 Å².